The number of aliphatic hydroxyl groups is 1. The summed E-state index contributed by atoms with van der Waals surface area (Å²) in [5, 5.41) is 8.82. The molecule has 0 amide bonds. The van der Waals surface area contributed by atoms with Crippen LogP contribution in [0.15, 0.2) is 0 Å². The molecule has 1 aliphatic rings. The van der Waals surface area contributed by atoms with Gasteiger partial charge in [-0.2, -0.15) is 0 Å². The van der Waals surface area contributed by atoms with Gasteiger partial charge in [-0.25, -0.2) is 0 Å². The fraction of sp³-hybridized carbons (Fsp3) is 0.875. The van der Waals surface area contributed by atoms with Crippen LogP contribution in [-0.4, -0.2) is 36.5 Å². The van der Waals surface area contributed by atoms with Crippen LogP contribution in [-0.2, 0) is 14.3 Å². The first-order valence-corrected chi connectivity index (χ1v) is 4.05. The van der Waals surface area contributed by atoms with Gasteiger partial charge in [0.2, 0.25) is 0 Å². The van der Waals surface area contributed by atoms with Crippen LogP contribution in [0, 0.1) is 5.92 Å². The minimum atomic E-state index is -0.297. The molecule has 0 bridgehead atoms. The molecule has 12 heavy (non-hydrogen) atoms. The fourth-order valence-corrected chi connectivity index (χ4v) is 1.33. The van der Waals surface area contributed by atoms with Crippen LogP contribution in [0.5, 0.6) is 0 Å². The van der Waals surface area contributed by atoms with Crippen LogP contribution in [0.1, 0.15) is 13.8 Å². The smallest absolute Gasteiger partial charge is 0.302 e. The van der Waals surface area contributed by atoms with Gasteiger partial charge < -0.3 is 14.6 Å². The van der Waals surface area contributed by atoms with Gasteiger partial charge in [-0.15, -0.1) is 0 Å². The molecule has 0 radical (unpaired) electrons. The van der Waals surface area contributed by atoms with Gasteiger partial charge in [0.05, 0.1) is 19.3 Å². The molecule has 1 aliphatic heterocycles. The Bertz CT molecular complexity index is 168. The van der Waals surface area contributed by atoms with Crippen molar-refractivity contribution in [3.8, 4) is 0 Å². The van der Waals surface area contributed by atoms with E-state index in [1.165, 1.54) is 6.92 Å². The minimum absolute atomic E-state index is 0.0149. The molecular weight excluding hydrogens is 160 g/mol. The van der Waals surface area contributed by atoms with E-state index in [1.807, 2.05) is 6.92 Å². The van der Waals surface area contributed by atoms with Crippen molar-refractivity contribution >= 4 is 5.97 Å². The molecule has 4 heteroatoms. The van der Waals surface area contributed by atoms with Crippen molar-refractivity contribution in [3.05, 3.63) is 0 Å². The molecule has 0 aliphatic carbocycles. The fourth-order valence-electron chi connectivity index (χ4n) is 1.33. The van der Waals surface area contributed by atoms with Crippen molar-refractivity contribution in [2.75, 3.05) is 13.2 Å². The van der Waals surface area contributed by atoms with Gasteiger partial charge in [-0.05, 0) is 0 Å². The quantitative estimate of drug-likeness (QED) is 0.596. The zero-order chi connectivity index (χ0) is 9.14. The Labute approximate surface area is 71.5 Å². The van der Waals surface area contributed by atoms with Crippen LogP contribution in [0.2, 0.25) is 0 Å². The zero-order valence-corrected chi connectivity index (χ0v) is 7.32. The van der Waals surface area contributed by atoms with Crippen LogP contribution in [0.4, 0.5) is 0 Å². The Balaban J connectivity index is 2.43. The molecule has 1 rings (SSSR count). The largest absolute Gasteiger partial charge is 0.460 e. The molecule has 1 saturated heterocycles. The van der Waals surface area contributed by atoms with E-state index >= 15 is 0 Å². The van der Waals surface area contributed by atoms with E-state index in [0.717, 1.165) is 0 Å². The SMILES string of the molecule is CC(=O)OC1COC(CO)C1C. The summed E-state index contributed by atoms with van der Waals surface area (Å²) in [7, 11) is 0. The first kappa shape index (κ1) is 9.48. The average Bonchev–Trinajstić information content (AvgIpc) is 2.32. The van der Waals surface area contributed by atoms with Crippen molar-refractivity contribution in [2.24, 2.45) is 5.92 Å². The highest BCUT2D eigenvalue weighted by Crippen LogP contribution is 2.23. The van der Waals surface area contributed by atoms with Crippen LogP contribution in [0.3, 0.4) is 0 Å². The normalized spacial score (nSPS) is 35.1. The van der Waals surface area contributed by atoms with Crippen LogP contribution < -0.4 is 0 Å². The lowest BCUT2D eigenvalue weighted by molar-refractivity contribution is -0.147. The van der Waals surface area contributed by atoms with Gasteiger partial charge in [0.25, 0.3) is 0 Å². The Hall–Kier alpha value is -0.610. The third-order valence-electron chi connectivity index (χ3n) is 2.14. The molecular formula is C8H14O4. The Morgan fingerprint density at radius 3 is 2.83 bits per heavy atom. The van der Waals surface area contributed by atoms with E-state index < -0.39 is 0 Å². The summed E-state index contributed by atoms with van der Waals surface area (Å²) in [5.41, 5.74) is 0. The molecule has 0 aromatic rings. The second-order valence-electron chi connectivity index (χ2n) is 3.06. The van der Waals surface area contributed by atoms with Crippen molar-refractivity contribution in [3.63, 3.8) is 0 Å². The highest BCUT2D eigenvalue weighted by molar-refractivity contribution is 5.66. The Kier molecular flexibility index (Phi) is 3.05. The number of esters is 1. The molecule has 3 atom stereocenters. The second-order valence-corrected chi connectivity index (χ2v) is 3.06. The maximum atomic E-state index is 10.6. The van der Waals surface area contributed by atoms with Gasteiger partial charge in [-0.1, -0.05) is 6.92 Å². The maximum absolute atomic E-state index is 10.6. The van der Waals surface area contributed by atoms with Gasteiger partial charge in [0, 0.05) is 12.8 Å². The van der Waals surface area contributed by atoms with E-state index in [1.54, 1.807) is 0 Å². The summed E-state index contributed by atoms with van der Waals surface area (Å²) < 4.78 is 10.2. The molecule has 1 heterocycles. The molecule has 1 fully saturated rings. The van der Waals surface area contributed by atoms with Crippen LogP contribution in [0.25, 0.3) is 0 Å². The minimum Gasteiger partial charge on any atom is -0.460 e. The molecule has 0 saturated carbocycles. The molecule has 0 aromatic heterocycles. The summed E-state index contributed by atoms with van der Waals surface area (Å²) in [6.07, 6.45) is -0.381. The average molecular weight is 174 g/mol. The maximum Gasteiger partial charge on any atom is 0.302 e. The second kappa shape index (κ2) is 3.87. The lowest BCUT2D eigenvalue weighted by Gasteiger charge is -2.15. The third kappa shape index (κ3) is 1.95. The standard InChI is InChI=1S/C8H14O4/c1-5-7(3-9)11-4-8(5)12-6(2)10/h5,7-9H,3-4H2,1-2H3. The summed E-state index contributed by atoms with van der Waals surface area (Å²) in [6, 6.07) is 0. The highest BCUT2D eigenvalue weighted by atomic mass is 16.6. The van der Waals surface area contributed by atoms with E-state index in [0.29, 0.717) is 6.61 Å². The molecule has 1 N–H and O–H groups in total. The molecule has 3 unspecified atom stereocenters. The van der Waals surface area contributed by atoms with Crippen molar-refractivity contribution in [1.29, 1.82) is 0 Å². The van der Waals surface area contributed by atoms with Gasteiger partial charge >= 0.3 is 5.97 Å². The molecule has 4 nitrogen and oxygen atoms in total. The lowest BCUT2D eigenvalue weighted by atomic mass is 10.0. The monoisotopic (exact) mass is 174 g/mol. The van der Waals surface area contributed by atoms with Gasteiger partial charge in [-0.3, -0.25) is 4.79 Å². The van der Waals surface area contributed by atoms with E-state index in [9.17, 15) is 4.79 Å². The summed E-state index contributed by atoms with van der Waals surface area (Å²) in [6.45, 7) is 3.66. The molecule has 0 spiro atoms. The van der Waals surface area contributed by atoms with Crippen molar-refractivity contribution in [1.82, 2.24) is 0 Å². The number of carbonyl (C=O) groups is 1. The molecule has 0 aromatic carbocycles. The number of carbonyl (C=O) groups excluding carboxylic acids is 1. The Morgan fingerprint density at radius 2 is 2.42 bits per heavy atom. The lowest BCUT2D eigenvalue weighted by Crippen LogP contribution is -2.27. The predicted molar refractivity (Wildman–Crippen MR) is 41.5 cm³/mol. The number of rotatable bonds is 2. The summed E-state index contributed by atoms with van der Waals surface area (Å²) >= 11 is 0. The zero-order valence-electron chi connectivity index (χ0n) is 7.32. The number of hydrogen-bond acceptors (Lipinski definition) is 4. The van der Waals surface area contributed by atoms with Crippen LogP contribution >= 0.6 is 0 Å². The first-order chi connectivity index (χ1) is 5.65. The van der Waals surface area contributed by atoms with Crippen molar-refractivity contribution < 1.29 is 19.4 Å². The van der Waals surface area contributed by atoms with Gasteiger partial charge in [0.15, 0.2) is 0 Å². The number of aliphatic hydroxyl groups excluding tert-OH is 1. The third-order valence-corrected chi connectivity index (χ3v) is 2.14. The topological polar surface area (TPSA) is 55.8 Å². The number of ether oxygens (including phenoxy) is 2. The first-order valence-electron chi connectivity index (χ1n) is 4.05. The summed E-state index contributed by atoms with van der Waals surface area (Å²) in [5.74, 6) is -0.215. The predicted octanol–water partition coefficient (Wildman–Crippen LogP) is -0.0547. The van der Waals surface area contributed by atoms with E-state index in [2.05, 4.69) is 0 Å². The van der Waals surface area contributed by atoms with Crippen molar-refractivity contribution in [2.45, 2.75) is 26.1 Å². The van der Waals surface area contributed by atoms with Gasteiger partial charge in [0.1, 0.15) is 6.10 Å². The highest BCUT2D eigenvalue weighted by Gasteiger charge is 2.35. The van der Waals surface area contributed by atoms with E-state index in [4.69, 9.17) is 14.6 Å². The summed E-state index contributed by atoms with van der Waals surface area (Å²) in [4.78, 5) is 10.6. The number of hydrogen-bond donors (Lipinski definition) is 1. The Morgan fingerprint density at radius 1 is 1.75 bits per heavy atom. The van der Waals surface area contributed by atoms with E-state index in [-0.39, 0.29) is 30.7 Å². The molecule has 70 valence electrons.